The van der Waals surface area contributed by atoms with Crippen LogP contribution in [0.25, 0.3) is 0 Å². The largest absolute Gasteiger partial charge is 0.349 e. The average molecular weight is 245 g/mol. The minimum absolute atomic E-state index is 0.0114. The minimum Gasteiger partial charge on any atom is -0.349 e. The number of carbonyl (C=O) groups is 1. The Balaban J connectivity index is 2.62. The molecule has 0 radical (unpaired) electrons. The number of hydrogen-bond donors (Lipinski definition) is 2. The van der Waals surface area contributed by atoms with Crippen LogP contribution in [-0.2, 0) is 4.79 Å². The van der Waals surface area contributed by atoms with Crippen molar-refractivity contribution in [2.45, 2.75) is 26.3 Å². The molecular weight excluding hydrogens is 226 g/mol. The predicted molar refractivity (Wildman–Crippen MR) is 70.6 cm³/mol. The second-order valence-electron chi connectivity index (χ2n) is 4.44. The Bertz CT molecular complexity index is 433. The first-order chi connectivity index (χ1) is 8.58. The third-order valence-electron chi connectivity index (χ3n) is 2.95. The van der Waals surface area contributed by atoms with Gasteiger partial charge in [0.2, 0.25) is 5.91 Å². The van der Waals surface area contributed by atoms with Crippen LogP contribution in [0.5, 0.6) is 0 Å². The van der Waals surface area contributed by atoms with Crippen LogP contribution >= 0.6 is 0 Å². The van der Waals surface area contributed by atoms with Crippen molar-refractivity contribution in [3.8, 4) is 6.07 Å². The first-order valence-electron chi connectivity index (χ1n) is 6.09. The number of benzene rings is 1. The number of nitrogens with two attached hydrogens (primary N) is 1. The predicted octanol–water partition coefficient (Wildman–Crippen LogP) is 1.72. The van der Waals surface area contributed by atoms with Crippen LogP contribution in [0.2, 0.25) is 0 Å². The number of rotatable bonds is 5. The number of carbonyl (C=O) groups excluding carboxylic acids is 1. The molecule has 0 aliphatic heterocycles. The van der Waals surface area contributed by atoms with Crippen molar-refractivity contribution in [2.24, 2.45) is 11.7 Å². The van der Waals surface area contributed by atoms with E-state index in [1.807, 2.05) is 26.0 Å². The third kappa shape index (κ3) is 3.86. The molecule has 0 spiro atoms. The highest BCUT2D eigenvalue weighted by Gasteiger charge is 2.15. The van der Waals surface area contributed by atoms with Crippen LogP contribution in [-0.4, -0.2) is 12.5 Å². The highest BCUT2D eigenvalue weighted by molar-refractivity contribution is 5.78. The fourth-order valence-electron chi connectivity index (χ4n) is 1.67. The van der Waals surface area contributed by atoms with Crippen LogP contribution in [0.15, 0.2) is 24.3 Å². The molecule has 0 saturated heterocycles. The molecule has 2 atom stereocenters. The Morgan fingerprint density at radius 1 is 1.39 bits per heavy atom. The Morgan fingerprint density at radius 2 is 2.00 bits per heavy atom. The van der Waals surface area contributed by atoms with Gasteiger partial charge in [-0.15, -0.1) is 0 Å². The van der Waals surface area contributed by atoms with Gasteiger partial charge in [0.25, 0.3) is 0 Å². The van der Waals surface area contributed by atoms with E-state index in [0.29, 0.717) is 18.5 Å². The van der Waals surface area contributed by atoms with Crippen LogP contribution < -0.4 is 11.1 Å². The molecular formula is C14H19N3O. The van der Waals surface area contributed by atoms with E-state index in [4.69, 9.17) is 11.0 Å². The maximum absolute atomic E-state index is 11.8. The number of nitriles is 1. The second-order valence-corrected chi connectivity index (χ2v) is 4.44. The summed E-state index contributed by atoms with van der Waals surface area (Å²) < 4.78 is 0. The van der Waals surface area contributed by atoms with E-state index >= 15 is 0 Å². The molecule has 18 heavy (non-hydrogen) atoms. The zero-order chi connectivity index (χ0) is 13.5. The lowest BCUT2D eigenvalue weighted by Gasteiger charge is -2.17. The maximum Gasteiger partial charge on any atom is 0.223 e. The zero-order valence-electron chi connectivity index (χ0n) is 10.8. The summed E-state index contributed by atoms with van der Waals surface area (Å²) in [4.78, 5) is 11.8. The summed E-state index contributed by atoms with van der Waals surface area (Å²) in [7, 11) is 0. The van der Waals surface area contributed by atoms with Crippen molar-refractivity contribution in [2.75, 3.05) is 6.54 Å². The standard InChI is InChI=1S/C14H19N3O/c1-10(7-8-15)14(18)17-11(2)13-5-3-12(9-16)4-6-13/h3-6,10-11H,7-8,15H2,1-2H3,(H,17,18). The summed E-state index contributed by atoms with van der Waals surface area (Å²) in [6.45, 7) is 4.31. The van der Waals surface area contributed by atoms with E-state index in [1.54, 1.807) is 12.1 Å². The lowest BCUT2D eigenvalue weighted by Crippen LogP contribution is -2.32. The fourth-order valence-corrected chi connectivity index (χ4v) is 1.67. The summed E-state index contributed by atoms with van der Waals surface area (Å²) in [5.41, 5.74) is 7.04. The molecule has 3 N–H and O–H groups in total. The number of nitrogens with zero attached hydrogens (tertiary/aromatic N) is 1. The summed E-state index contributed by atoms with van der Waals surface area (Å²) in [5, 5.41) is 11.7. The smallest absolute Gasteiger partial charge is 0.223 e. The van der Waals surface area contributed by atoms with Crippen molar-refractivity contribution >= 4 is 5.91 Å². The van der Waals surface area contributed by atoms with Crippen LogP contribution in [0.3, 0.4) is 0 Å². The van der Waals surface area contributed by atoms with Crippen molar-refractivity contribution in [1.29, 1.82) is 5.26 Å². The van der Waals surface area contributed by atoms with Gasteiger partial charge >= 0.3 is 0 Å². The van der Waals surface area contributed by atoms with E-state index in [2.05, 4.69) is 11.4 Å². The van der Waals surface area contributed by atoms with Gasteiger partial charge in [0.15, 0.2) is 0 Å². The molecule has 0 saturated carbocycles. The van der Waals surface area contributed by atoms with E-state index in [9.17, 15) is 4.79 Å². The van der Waals surface area contributed by atoms with Gasteiger partial charge in [-0.2, -0.15) is 5.26 Å². The normalized spacial score (nSPS) is 13.4. The Morgan fingerprint density at radius 3 is 2.50 bits per heavy atom. The van der Waals surface area contributed by atoms with Gasteiger partial charge in [-0.25, -0.2) is 0 Å². The molecule has 4 nitrogen and oxygen atoms in total. The minimum atomic E-state index is -0.0733. The Kier molecular flexibility index (Phi) is 5.34. The molecule has 96 valence electrons. The van der Waals surface area contributed by atoms with Gasteiger partial charge in [-0.05, 0) is 37.6 Å². The molecule has 2 unspecified atom stereocenters. The molecule has 0 heterocycles. The lowest BCUT2D eigenvalue weighted by molar-refractivity contribution is -0.125. The summed E-state index contributed by atoms with van der Waals surface area (Å²) in [6, 6.07) is 9.22. The molecule has 0 aliphatic rings. The number of nitrogens with one attached hydrogen (secondary N) is 1. The summed E-state index contributed by atoms with van der Waals surface area (Å²) in [5.74, 6) is -0.0619. The zero-order valence-corrected chi connectivity index (χ0v) is 10.8. The first kappa shape index (κ1) is 14.2. The van der Waals surface area contributed by atoms with Gasteiger partial charge in [0.05, 0.1) is 17.7 Å². The highest BCUT2D eigenvalue weighted by atomic mass is 16.1. The quantitative estimate of drug-likeness (QED) is 0.829. The molecule has 4 heteroatoms. The van der Waals surface area contributed by atoms with Crippen molar-refractivity contribution in [3.05, 3.63) is 35.4 Å². The van der Waals surface area contributed by atoms with Crippen molar-refractivity contribution in [1.82, 2.24) is 5.32 Å². The number of amides is 1. The molecule has 1 rings (SSSR count). The van der Waals surface area contributed by atoms with Gasteiger partial charge in [0, 0.05) is 5.92 Å². The van der Waals surface area contributed by atoms with Crippen molar-refractivity contribution < 1.29 is 4.79 Å². The van der Waals surface area contributed by atoms with Gasteiger partial charge in [0.1, 0.15) is 0 Å². The molecule has 0 fully saturated rings. The molecule has 0 bridgehead atoms. The molecule has 0 aromatic heterocycles. The van der Waals surface area contributed by atoms with Crippen LogP contribution in [0.4, 0.5) is 0 Å². The van der Waals surface area contributed by atoms with E-state index in [0.717, 1.165) is 5.56 Å². The van der Waals surface area contributed by atoms with Gasteiger partial charge < -0.3 is 11.1 Å². The number of hydrogen-bond acceptors (Lipinski definition) is 3. The van der Waals surface area contributed by atoms with Crippen LogP contribution in [0.1, 0.15) is 37.4 Å². The first-order valence-corrected chi connectivity index (χ1v) is 6.09. The highest BCUT2D eigenvalue weighted by Crippen LogP contribution is 2.14. The molecule has 0 aliphatic carbocycles. The third-order valence-corrected chi connectivity index (χ3v) is 2.95. The summed E-state index contributed by atoms with van der Waals surface area (Å²) >= 11 is 0. The van der Waals surface area contributed by atoms with E-state index in [1.165, 1.54) is 0 Å². The van der Waals surface area contributed by atoms with Gasteiger partial charge in [-0.3, -0.25) is 4.79 Å². The van der Waals surface area contributed by atoms with Crippen molar-refractivity contribution in [3.63, 3.8) is 0 Å². The fraction of sp³-hybridized carbons (Fsp3) is 0.429. The Labute approximate surface area is 108 Å². The molecule has 1 amide bonds. The molecule has 1 aromatic carbocycles. The SMILES string of the molecule is CC(CCN)C(=O)NC(C)c1ccc(C#N)cc1. The summed E-state index contributed by atoms with van der Waals surface area (Å²) in [6.07, 6.45) is 0.686. The Hall–Kier alpha value is -1.86. The van der Waals surface area contributed by atoms with E-state index in [-0.39, 0.29) is 17.9 Å². The average Bonchev–Trinajstić information content (AvgIpc) is 2.39. The molecule has 1 aromatic rings. The topological polar surface area (TPSA) is 78.9 Å². The maximum atomic E-state index is 11.8. The van der Waals surface area contributed by atoms with Crippen LogP contribution in [0, 0.1) is 17.2 Å². The van der Waals surface area contributed by atoms with E-state index < -0.39 is 0 Å². The monoisotopic (exact) mass is 245 g/mol. The second kappa shape index (κ2) is 6.77. The van der Waals surface area contributed by atoms with Gasteiger partial charge in [-0.1, -0.05) is 19.1 Å². The lowest BCUT2D eigenvalue weighted by atomic mass is 10.0.